The van der Waals surface area contributed by atoms with E-state index in [0.29, 0.717) is 0 Å². The molecule has 1 atom stereocenters. The zero-order valence-corrected chi connectivity index (χ0v) is 9.79. The fourth-order valence-electron chi connectivity index (χ4n) is 1.84. The van der Waals surface area contributed by atoms with E-state index in [0.717, 1.165) is 45.5 Å². The van der Waals surface area contributed by atoms with Crippen molar-refractivity contribution in [2.45, 2.75) is 39.2 Å². The van der Waals surface area contributed by atoms with Crippen molar-refractivity contribution in [1.29, 1.82) is 0 Å². The number of hydrogen-bond donors (Lipinski definition) is 1. The third kappa shape index (κ3) is 4.08. The first-order valence-electron chi connectivity index (χ1n) is 5.92. The molecule has 0 aromatic rings. The number of likely N-dealkylation sites (tertiary alicyclic amines) is 1. The van der Waals surface area contributed by atoms with Gasteiger partial charge in [0.15, 0.2) is 0 Å². The SMILES string of the molecule is CCCNC(=O)N1CCCC(OCC)C1. The number of urea groups is 1. The van der Waals surface area contributed by atoms with Crippen molar-refractivity contribution in [3.05, 3.63) is 0 Å². The summed E-state index contributed by atoms with van der Waals surface area (Å²) < 4.78 is 5.55. The highest BCUT2D eigenvalue weighted by molar-refractivity contribution is 5.74. The van der Waals surface area contributed by atoms with Crippen LogP contribution >= 0.6 is 0 Å². The molecule has 1 N–H and O–H groups in total. The van der Waals surface area contributed by atoms with E-state index in [-0.39, 0.29) is 12.1 Å². The molecule has 0 saturated carbocycles. The first-order valence-corrected chi connectivity index (χ1v) is 5.92. The van der Waals surface area contributed by atoms with Crippen molar-refractivity contribution in [1.82, 2.24) is 10.2 Å². The quantitative estimate of drug-likeness (QED) is 0.772. The van der Waals surface area contributed by atoms with Gasteiger partial charge in [0.05, 0.1) is 6.10 Å². The van der Waals surface area contributed by atoms with Gasteiger partial charge in [0, 0.05) is 26.2 Å². The molecule has 1 fully saturated rings. The van der Waals surface area contributed by atoms with E-state index in [2.05, 4.69) is 12.2 Å². The Labute approximate surface area is 92.0 Å². The van der Waals surface area contributed by atoms with Gasteiger partial charge in [-0.05, 0) is 26.2 Å². The molecule has 0 aromatic heterocycles. The summed E-state index contributed by atoms with van der Waals surface area (Å²) in [6.45, 7) is 7.14. The minimum absolute atomic E-state index is 0.0567. The lowest BCUT2D eigenvalue weighted by atomic mass is 10.1. The van der Waals surface area contributed by atoms with Crippen LogP contribution in [0, 0.1) is 0 Å². The minimum Gasteiger partial charge on any atom is -0.377 e. The molecule has 0 radical (unpaired) electrons. The second-order valence-electron chi connectivity index (χ2n) is 3.90. The van der Waals surface area contributed by atoms with Crippen LogP contribution in [0.5, 0.6) is 0 Å². The molecule has 15 heavy (non-hydrogen) atoms. The smallest absolute Gasteiger partial charge is 0.317 e. The molecule has 1 rings (SSSR count). The summed E-state index contributed by atoms with van der Waals surface area (Å²) in [6.07, 6.45) is 3.33. The van der Waals surface area contributed by atoms with E-state index in [4.69, 9.17) is 4.74 Å². The van der Waals surface area contributed by atoms with Crippen LogP contribution in [0.3, 0.4) is 0 Å². The Hall–Kier alpha value is -0.770. The van der Waals surface area contributed by atoms with Crippen LogP contribution in [-0.4, -0.2) is 43.3 Å². The van der Waals surface area contributed by atoms with E-state index in [9.17, 15) is 4.79 Å². The van der Waals surface area contributed by atoms with Crippen molar-refractivity contribution in [3.63, 3.8) is 0 Å². The predicted octanol–water partition coefficient (Wildman–Crippen LogP) is 1.61. The van der Waals surface area contributed by atoms with E-state index in [1.165, 1.54) is 0 Å². The summed E-state index contributed by atoms with van der Waals surface area (Å²) in [5.41, 5.74) is 0. The van der Waals surface area contributed by atoms with Gasteiger partial charge in [-0.1, -0.05) is 6.92 Å². The number of piperidine rings is 1. The molecule has 0 spiro atoms. The Morgan fingerprint density at radius 1 is 1.53 bits per heavy atom. The molecule has 0 aliphatic carbocycles. The number of carbonyl (C=O) groups excluding carboxylic acids is 1. The first kappa shape index (κ1) is 12.3. The average molecular weight is 214 g/mol. The highest BCUT2D eigenvalue weighted by atomic mass is 16.5. The molecular formula is C11H22N2O2. The molecule has 4 nitrogen and oxygen atoms in total. The lowest BCUT2D eigenvalue weighted by Crippen LogP contribution is -2.47. The summed E-state index contributed by atoms with van der Waals surface area (Å²) in [4.78, 5) is 13.5. The minimum atomic E-state index is 0.0567. The number of nitrogens with one attached hydrogen (secondary N) is 1. The monoisotopic (exact) mass is 214 g/mol. The molecule has 0 bridgehead atoms. The third-order valence-corrected chi connectivity index (χ3v) is 2.59. The molecule has 1 saturated heterocycles. The van der Waals surface area contributed by atoms with Gasteiger partial charge >= 0.3 is 6.03 Å². The van der Waals surface area contributed by atoms with Gasteiger partial charge in [0.1, 0.15) is 0 Å². The lowest BCUT2D eigenvalue weighted by Gasteiger charge is -2.32. The van der Waals surface area contributed by atoms with Crippen molar-refractivity contribution >= 4 is 6.03 Å². The first-order chi connectivity index (χ1) is 7.27. The fourth-order valence-corrected chi connectivity index (χ4v) is 1.84. The van der Waals surface area contributed by atoms with Crippen molar-refractivity contribution in [3.8, 4) is 0 Å². The van der Waals surface area contributed by atoms with Crippen molar-refractivity contribution < 1.29 is 9.53 Å². The van der Waals surface area contributed by atoms with E-state index in [1.807, 2.05) is 11.8 Å². The summed E-state index contributed by atoms with van der Waals surface area (Å²) in [7, 11) is 0. The highest BCUT2D eigenvalue weighted by Crippen LogP contribution is 2.12. The Morgan fingerprint density at radius 2 is 2.33 bits per heavy atom. The largest absolute Gasteiger partial charge is 0.377 e. The van der Waals surface area contributed by atoms with E-state index >= 15 is 0 Å². The zero-order chi connectivity index (χ0) is 11.1. The van der Waals surface area contributed by atoms with Crippen molar-refractivity contribution in [2.24, 2.45) is 0 Å². The van der Waals surface area contributed by atoms with Crippen LogP contribution in [0.4, 0.5) is 4.79 Å². The van der Waals surface area contributed by atoms with Crippen LogP contribution in [0.25, 0.3) is 0 Å². The highest BCUT2D eigenvalue weighted by Gasteiger charge is 2.23. The molecule has 2 amide bonds. The summed E-state index contributed by atoms with van der Waals surface area (Å²) in [5.74, 6) is 0. The van der Waals surface area contributed by atoms with Crippen LogP contribution in [0.15, 0.2) is 0 Å². The van der Waals surface area contributed by atoms with Crippen LogP contribution in [0.1, 0.15) is 33.1 Å². The number of ether oxygens (including phenoxy) is 1. The normalized spacial score (nSPS) is 21.5. The maximum Gasteiger partial charge on any atom is 0.317 e. The van der Waals surface area contributed by atoms with E-state index < -0.39 is 0 Å². The second kappa shape index (κ2) is 6.67. The Kier molecular flexibility index (Phi) is 5.47. The molecule has 1 heterocycles. The number of amides is 2. The fraction of sp³-hybridized carbons (Fsp3) is 0.909. The van der Waals surface area contributed by atoms with Gasteiger partial charge in [-0.25, -0.2) is 4.79 Å². The molecule has 4 heteroatoms. The Morgan fingerprint density at radius 3 is 3.00 bits per heavy atom. The van der Waals surface area contributed by atoms with Crippen LogP contribution in [-0.2, 0) is 4.74 Å². The molecule has 1 unspecified atom stereocenters. The van der Waals surface area contributed by atoms with Gasteiger partial charge in [-0.3, -0.25) is 0 Å². The number of nitrogens with zero attached hydrogens (tertiary/aromatic N) is 1. The van der Waals surface area contributed by atoms with E-state index in [1.54, 1.807) is 0 Å². The predicted molar refractivity (Wildman–Crippen MR) is 59.9 cm³/mol. The molecule has 1 aliphatic heterocycles. The van der Waals surface area contributed by atoms with Gasteiger partial charge in [-0.15, -0.1) is 0 Å². The number of rotatable bonds is 4. The summed E-state index contributed by atoms with van der Waals surface area (Å²) >= 11 is 0. The van der Waals surface area contributed by atoms with Gasteiger partial charge in [0.25, 0.3) is 0 Å². The van der Waals surface area contributed by atoms with Gasteiger partial charge in [0.2, 0.25) is 0 Å². The average Bonchev–Trinajstić information content (AvgIpc) is 2.27. The molecule has 0 aromatic carbocycles. The number of hydrogen-bond acceptors (Lipinski definition) is 2. The zero-order valence-electron chi connectivity index (χ0n) is 9.79. The van der Waals surface area contributed by atoms with Gasteiger partial charge in [-0.2, -0.15) is 0 Å². The number of carbonyl (C=O) groups is 1. The molecular weight excluding hydrogens is 192 g/mol. The lowest BCUT2D eigenvalue weighted by molar-refractivity contribution is 0.0165. The summed E-state index contributed by atoms with van der Waals surface area (Å²) in [5, 5.41) is 2.90. The maximum absolute atomic E-state index is 11.7. The molecule has 1 aliphatic rings. The second-order valence-corrected chi connectivity index (χ2v) is 3.90. The van der Waals surface area contributed by atoms with Crippen molar-refractivity contribution in [2.75, 3.05) is 26.2 Å². The van der Waals surface area contributed by atoms with Gasteiger partial charge < -0.3 is 15.0 Å². The van der Waals surface area contributed by atoms with Crippen LogP contribution in [0.2, 0.25) is 0 Å². The topological polar surface area (TPSA) is 41.6 Å². The third-order valence-electron chi connectivity index (χ3n) is 2.59. The maximum atomic E-state index is 11.7. The standard InChI is InChI=1S/C11H22N2O2/c1-3-7-12-11(14)13-8-5-6-10(9-13)15-4-2/h10H,3-9H2,1-2H3,(H,12,14). The Bertz CT molecular complexity index is 195. The van der Waals surface area contributed by atoms with Crippen LogP contribution < -0.4 is 5.32 Å². The Balaban J connectivity index is 2.31. The molecule has 88 valence electrons. The summed E-state index contributed by atoms with van der Waals surface area (Å²) in [6, 6.07) is 0.0567.